The molecule has 25 heavy (non-hydrogen) atoms. The number of imidazole rings is 1. The molecule has 7 nitrogen and oxygen atoms in total. The molecule has 0 radical (unpaired) electrons. The predicted molar refractivity (Wildman–Crippen MR) is 94.8 cm³/mol. The molecule has 0 aliphatic carbocycles. The van der Waals surface area contributed by atoms with E-state index < -0.39 is 0 Å². The number of amides is 1. The van der Waals surface area contributed by atoms with E-state index in [1.807, 2.05) is 31.4 Å². The number of rotatable bonds is 3. The van der Waals surface area contributed by atoms with Gasteiger partial charge in [-0.2, -0.15) is 5.10 Å². The maximum absolute atomic E-state index is 12.5. The van der Waals surface area contributed by atoms with E-state index >= 15 is 0 Å². The summed E-state index contributed by atoms with van der Waals surface area (Å²) in [7, 11) is 1.85. The number of aryl methyl sites for hydroxylation is 2. The third-order valence-corrected chi connectivity index (χ3v) is 4.36. The molecular formula is C18H20N6O. The van der Waals surface area contributed by atoms with E-state index in [1.165, 1.54) is 11.1 Å². The fraction of sp³-hybridized carbons (Fsp3) is 0.278. The highest BCUT2D eigenvalue weighted by Crippen LogP contribution is 2.20. The monoisotopic (exact) mass is 336 g/mol. The van der Waals surface area contributed by atoms with E-state index in [9.17, 15) is 4.79 Å². The molecule has 2 aromatic heterocycles. The Hall–Kier alpha value is -2.93. The lowest BCUT2D eigenvalue weighted by molar-refractivity contribution is 0.102. The fourth-order valence-electron chi connectivity index (χ4n) is 3.04. The average Bonchev–Trinajstić information content (AvgIpc) is 3.19. The van der Waals surface area contributed by atoms with Crippen LogP contribution in [0.15, 0.2) is 43.0 Å². The highest BCUT2D eigenvalue weighted by Gasteiger charge is 2.13. The Labute approximate surface area is 145 Å². The van der Waals surface area contributed by atoms with Gasteiger partial charge in [0.25, 0.3) is 5.91 Å². The van der Waals surface area contributed by atoms with Crippen LogP contribution in [0, 0.1) is 0 Å². The van der Waals surface area contributed by atoms with Gasteiger partial charge in [0, 0.05) is 37.7 Å². The molecule has 0 saturated carbocycles. The van der Waals surface area contributed by atoms with Gasteiger partial charge in [0.2, 0.25) is 0 Å². The normalized spacial score (nSPS) is 14.0. The van der Waals surface area contributed by atoms with Crippen molar-refractivity contribution in [2.24, 2.45) is 7.05 Å². The summed E-state index contributed by atoms with van der Waals surface area (Å²) >= 11 is 0. The van der Waals surface area contributed by atoms with E-state index in [4.69, 9.17) is 0 Å². The maximum atomic E-state index is 12.5. The van der Waals surface area contributed by atoms with Crippen LogP contribution in [-0.4, -0.2) is 31.8 Å². The number of benzene rings is 1. The molecule has 128 valence electrons. The number of carbonyl (C=O) groups is 1. The number of nitrogens with one attached hydrogen (secondary N) is 2. The van der Waals surface area contributed by atoms with E-state index in [0.29, 0.717) is 5.69 Å². The van der Waals surface area contributed by atoms with Crippen LogP contribution >= 0.6 is 0 Å². The van der Waals surface area contributed by atoms with Gasteiger partial charge in [0.15, 0.2) is 5.82 Å². The summed E-state index contributed by atoms with van der Waals surface area (Å²) in [4.78, 5) is 16.7. The van der Waals surface area contributed by atoms with Gasteiger partial charge >= 0.3 is 0 Å². The minimum absolute atomic E-state index is 0.226. The Morgan fingerprint density at radius 2 is 2.20 bits per heavy atom. The SMILES string of the molecule is Cn1ccc(-n2cnc(C(=O)Nc3ccc4c(c3)CNCCC4)c2)n1. The van der Waals surface area contributed by atoms with Crippen molar-refractivity contribution in [3.8, 4) is 5.82 Å². The Bertz CT molecular complexity index is 910. The smallest absolute Gasteiger partial charge is 0.275 e. The van der Waals surface area contributed by atoms with Gasteiger partial charge in [0.05, 0.1) is 0 Å². The van der Waals surface area contributed by atoms with Crippen LogP contribution in [0.1, 0.15) is 28.0 Å². The fourth-order valence-corrected chi connectivity index (χ4v) is 3.04. The van der Waals surface area contributed by atoms with Crippen molar-refractivity contribution in [1.82, 2.24) is 24.6 Å². The third kappa shape index (κ3) is 3.32. The van der Waals surface area contributed by atoms with Crippen LogP contribution in [-0.2, 0) is 20.0 Å². The molecule has 0 saturated heterocycles. The Morgan fingerprint density at radius 1 is 1.28 bits per heavy atom. The van der Waals surface area contributed by atoms with Crippen LogP contribution < -0.4 is 10.6 Å². The van der Waals surface area contributed by atoms with Gasteiger partial charge < -0.3 is 10.6 Å². The van der Waals surface area contributed by atoms with Crippen LogP contribution in [0.2, 0.25) is 0 Å². The molecular weight excluding hydrogens is 316 g/mol. The molecule has 1 amide bonds. The minimum atomic E-state index is -0.226. The molecule has 0 atom stereocenters. The number of hydrogen-bond donors (Lipinski definition) is 2. The van der Waals surface area contributed by atoms with Gasteiger partial charge in [-0.3, -0.25) is 14.0 Å². The lowest BCUT2D eigenvalue weighted by Crippen LogP contribution is -2.14. The summed E-state index contributed by atoms with van der Waals surface area (Å²) in [6.45, 7) is 1.87. The number of anilines is 1. The van der Waals surface area contributed by atoms with Crippen molar-refractivity contribution in [2.45, 2.75) is 19.4 Å². The molecule has 2 N–H and O–H groups in total. The van der Waals surface area contributed by atoms with Crippen LogP contribution in [0.4, 0.5) is 5.69 Å². The van der Waals surface area contributed by atoms with E-state index in [2.05, 4.69) is 26.8 Å². The standard InChI is InChI=1S/C18H20N6O/c1-23-8-6-17(22-23)24-11-16(20-12-24)18(25)21-15-5-4-13-3-2-7-19-10-14(13)9-15/h4-6,8-9,11-12,19H,2-3,7,10H2,1H3,(H,21,25). The largest absolute Gasteiger partial charge is 0.321 e. The first-order valence-corrected chi connectivity index (χ1v) is 8.37. The first kappa shape index (κ1) is 15.6. The molecule has 3 heterocycles. The topological polar surface area (TPSA) is 76.8 Å². The first-order valence-electron chi connectivity index (χ1n) is 8.37. The predicted octanol–water partition coefficient (Wildman–Crippen LogP) is 1.89. The summed E-state index contributed by atoms with van der Waals surface area (Å²) in [6, 6.07) is 7.96. The summed E-state index contributed by atoms with van der Waals surface area (Å²) in [5.41, 5.74) is 3.75. The highest BCUT2D eigenvalue weighted by atomic mass is 16.1. The van der Waals surface area contributed by atoms with Crippen LogP contribution in [0.25, 0.3) is 5.82 Å². The summed E-state index contributed by atoms with van der Waals surface area (Å²) in [5.74, 6) is 0.501. The van der Waals surface area contributed by atoms with Crippen molar-refractivity contribution >= 4 is 11.6 Å². The van der Waals surface area contributed by atoms with Crippen molar-refractivity contribution in [3.05, 3.63) is 59.8 Å². The summed E-state index contributed by atoms with van der Waals surface area (Å²) in [6.07, 6.45) is 7.34. The highest BCUT2D eigenvalue weighted by molar-refractivity contribution is 6.02. The van der Waals surface area contributed by atoms with Gasteiger partial charge in [-0.1, -0.05) is 6.07 Å². The lowest BCUT2D eigenvalue weighted by Gasteiger charge is -2.09. The van der Waals surface area contributed by atoms with E-state index in [-0.39, 0.29) is 5.91 Å². The second-order valence-electron chi connectivity index (χ2n) is 6.23. The molecule has 1 aromatic carbocycles. The second-order valence-corrected chi connectivity index (χ2v) is 6.23. The Kier molecular flexibility index (Phi) is 4.07. The molecule has 0 unspecified atom stereocenters. The molecule has 0 bridgehead atoms. The van der Waals surface area contributed by atoms with E-state index in [0.717, 1.165) is 37.4 Å². The lowest BCUT2D eigenvalue weighted by atomic mass is 10.0. The molecule has 7 heteroatoms. The Balaban J connectivity index is 1.50. The number of nitrogens with zero attached hydrogens (tertiary/aromatic N) is 4. The quantitative estimate of drug-likeness (QED) is 0.766. The average molecular weight is 336 g/mol. The summed E-state index contributed by atoms with van der Waals surface area (Å²) in [5, 5.41) is 10.6. The third-order valence-electron chi connectivity index (χ3n) is 4.36. The van der Waals surface area contributed by atoms with Gasteiger partial charge in [-0.05, 0) is 42.6 Å². The number of aromatic nitrogens is 4. The summed E-state index contributed by atoms with van der Waals surface area (Å²) < 4.78 is 3.44. The van der Waals surface area contributed by atoms with Gasteiger partial charge in [-0.25, -0.2) is 4.98 Å². The molecule has 0 fully saturated rings. The first-order chi connectivity index (χ1) is 12.2. The zero-order valence-corrected chi connectivity index (χ0v) is 14.1. The molecule has 4 rings (SSSR count). The number of hydrogen-bond acceptors (Lipinski definition) is 4. The molecule has 3 aromatic rings. The zero-order valence-electron chi connectivity index (χ0n) is 14.1. The van der Waals surface area contributed by atoms with Crippen molar-refractivity contribution in [1.29, 1.82) is 0 Å². The number of carbonyl (C=O) groups excluding carboxylic acids is 1. The van der Waals surface area contributed by atoms with Gasteiger partial charge in [0.1, 0.15) is 12.0 Å². The van der Waals surface area contributed by atoms with Crippen molar-refractivity contribution < 1.29 is 4.79 Å². The van der Waals surface area contributed by atoms with E-state index in [1.54, 1.807) is 21.8 Å². The molecule has 0 spiro atoms. The molecule has 1 aliphatic rings. The van der Waals surface area contributed by atoms with Crippen LogP contribution in [0.3, 0.4) is 0 Å². The molecule has 1 aliphatic heterocycles. The Morgan fingerprint density at radius 3 is 3.04 bits per heavy atom. The zero-order chi connectivity index (χ0) is 17.2. The minimum Gasteiger partial charge on any atom is -0.321 e. The van der Waals surface area contributed by atoms with Crippen molar-refractivity contribution in [3.63, 3.8) is 0 Å². The van der Waals surface area contributed by atoms with Crippen LogP contribution in [0.5, 0.6) is 0 Å². The van der Waals surface area contributed by atoms with Gasteiger partial charge in [-0.15, -0.1) is 0 Å². The van der Waals surface area contributed by atoms with Crippen molar-refractivity contribution in [2.75, 3.05) is 11.9 Å². The number of fused-ring (bicyclic) bond motifs is 1. The second kappa shape index (κ2) is 6.52. The maximum Gasteiger partial charge on any atom is 0.275 e.